The van der Waals surface area contributed by atoms with E-state index in [1.165, 1.54) is 20.2 Å². The van der Waals surface area contributed by atoms with Crippen molar-refractivity contribution in [2.24, 2.45) is 0 Å². The molecule has 9 nitrogen and oxygen atoms in total. The third kappa shape index (κ3) is 5.67. The molecule has 1 aromatic carbocycles. The maximum atomic E-state index is 12.0. The summed E-state index contributed by atoms with van der Waals surface area (Å²) < 4.78 is 27.2. The van der Waals surface area contributed by atoms with E-state index in [2.05, 4.69) is 25.3 Å². The molecule has 0 bridgehead atoms. The molecule has 1 aromatic heterocycles. The first-order valence-electron chi connectivity index (χ1n) is 7.82. The van der Waals surface area contributed by atoms with Gasteiger partial charge in [-0.1, -0.05) is 6.07 Å². The van der Waals surface area contributed by atoms with E-state index in [1.54, 1.807) is 18.2 Å². The lowest BCUT2D eigenvalue weighted by Crippen LogP contribution is -2.30. The molecule has 1 heterocycles. The molecule has 0 saturated carbocycles. The van der Waals surface area contributed by atoms with Crippen LogP contribution in [0.15, 0.2) is 30.3 Å². The summed E-state index contributed by atoms with van der Waals surface area (Å²) in [5, 5.41) is 5.31. The summed E-state index contributed by atoms with van der Waals surface area (Å²) in [5.41, 5.74) is 2.45. The van der Waals surface area contributed by atoms with Gasteiger partial charge in [0.1, 0.15) is 5.82 Å². The monoisotopic (exact) mass is 378 g/mol. The molecular formula is C16H22N6O3S. The Kier molecular flexibility index (Phi) is 6.11. The van der Waals surface area contributed by atoms with Crippen LogP contribution in [0.1, 0.15) is 17.2 Å². The van der Waals surface area contributed by atoms with E-state index in [4.69, 9.17) is 0 Å². The number of benzene rings is 1. The van der Waals surface area contributed by atoms with Gasteiger partial charge in [0.2, 0.25) is 0 Å². The second-order valence-corrected chi connectivity index (χ2v) is 7.73. The number of hydrogen-bond acceptors (Lipinski definition) is 5. The fraction of sp³-hybridized carbons (Fsp3) is 0.312. The first-order chi connectivity index (χ1) is 12.2. The topological polar surface area (TPSA) is 116 Å². The van der Waals surface area contributed by atoms with Crippen molar-refractivity contribution in [3.05, 3.63) is 47.5 Å². The molecule has 10 heteroatoms. The molecule has 2 amide bonds. The summed E-state index contributed by atoms with van der Waals surface area (Å²) in [7, 11) is -0.765. The number of amides is 2. The molecule has 2 aromatic rings. The number of aryl methyl sites for hydroxylation is 2. The van der Waals surface area contributed by atoms with Gasteiger partial charge in [-0.3, -0.25) is 4.72 Å². The molecule has 26 heavy (non-hydrogen) atoms. The van der Waals surface area contributed by atoms with Crippen LogP contribution >= 0.6 is 0 Å². The Bertz CT molecular complexity index is 878. The van der Waals surface area contributed by atoms with Crippen molar-refractivity contribution < 1.29 is 13.2 Å². The lowest BCUT2D eigenvalue weighted by Gasteiger charge is -2.14. The zero-order valence-corrected chi connectivity index (χ0v) is 15.9. The lowest BCUT2D eigenvalue weighted by atomic mass is 10.3. The molecule has 0 radical (unpaired) electrons. The number of anilines is 2. The molecule has 2 rings (SSSR count). The van der Waals surface area contributed by atoms with Gasteiger partial charge in [0.25, 0.3) is 0 Å². The van der Waals surface area contributed by atoms with E-state index in [-0.39, 0.29) is 6.54 Å². The van der Waals surface area contributed by atoms with E-state index in [9.17, 15) is 13.2 Å². The van der Waals surface area contributed by atoms with Crippen LogP contribution in [0, 0.1) is 13.8 Å². The van der Waals surface area contributed by atoms with Crippen LogP contribution in [-0.2, 0) is 16.8 Å². The highest BCUT2D eigenvalue weighted by atomic mass is 32.2. The van der Waals surface area contributed by atoms with Crippen LogP contribution in [-0.4, -0.2) is 42.8 Å². The first kappa shape index (κ1) is 19.6. The Labute approximate surface area is 153 Å². The largest absolute Gasteiger partial charge is 0.331 e. The van der Waals surface area contributed by atoms with Gasteiger partial charge in [0.15, 0.2) is 0 Å². The molecular weight excluding hydrogens is 356 g/mol. The molecule has 140 valence electrons. The number of carbonyl (C=O) groups excluding carboxylic acids is 1. The molecule has 0 saturated heterocycles. The van der Waals surface area contributed by atoms with Crippen molar-refractivity contribution in [3.8, 4) is 0 Å². The normalized spacial score (nSPS) is 11.3. The average molecular weight is 378 g/mol. The molecule has 3 N–H and O–H groups in total. The van der Waals surface area contributed by atoms with Gasteiger partial charge >= 0.3 is 16.2 Å². The summed E-state index contributed by atoms with van der Waals surface area (Å²) in [6.45, 7) is 3.90. The number of rotatable bonds is 6. The fourth-order valence-electron chi connectivity index (χ4n) is 2.11. The highest BCUT2D eigenvalue weighted by Crippen LogP contribution is 2.16. The lowest BCUT2D eigenvalue weighted by molar-refractivity contribution is 0.251. The van der Waals surface area contributed by atoms with E-state index in [0.717, 1.165) is 15.7 Å². The highest BCUT2D eigenvalue weighted by Gasteiger charge is 2.13. The van der Waals surface area contributed by atoms with Gasteiger partial charge in [-0.2, -0.15) is 12.7 Å². The van der Waals surface area contributed by atoms with Crippen molar-refractivity contribution in [2.75, 3.05) is 24.1 Å². The first-order valence-corrected chi connectivity index (χ1v) is 9.26. The maximum Gasteiger partial charge on any atom is 0.319 e. The molecule has 0 fully saturated rings. The van der Waals surface area contributed by atoms with E-state index < -0.39 is 16.2 Å². The minimum Gasteiger partial charge on any atom is -0.331 e. The van der Waals surface area contributed by atoms with Crippen molar-refractivity contribution in [1.82, 2.24) is 19.6 Å². The quantitative estimate of drug-likeness (QED) is 0.706. The zero-order valence-electron chi connectivity index (χ0n) is 15.1. The third-order valence-corrected chi connectivity index (χ3v) is 4.74. The van der Waals surface area contributed by atoms with Crippen LogP contribution in [0.25, 0.3) is 0 Å². The van der Waals surface area contributed by atoms with Crippen LogP contribution in [0.5, 0.6) is 0 Å². The molecule has 0 aliphatic carbocycles. The third-order valence-electron chi connectivity index (χ3n) is 3.28. The van der Waals surface area contributed by atoms with Gasteiger partial charge in [0.05, 0.1) is 12.2 Å². The van der Waals surface area contributed by atoms with E-state index in [0.29, 0.717) is 17.2 Å². The molecule has 0 spiro atoms. The summed E-state index contributed by atoms with van der Waals surface area (Å²) >= 11 is 0. The second-order valence-electron chi connectivity index (χ2n) is 5.84. The molecule has 0 aliphatic rings. The maximum absolute atomic E-state index is 12.0. The number of nitrogens with one attached hydrogen (secondary N) is 3. The summed E-state index contributed by atoms with van der Waals surface area (Å²) in [5.74, 6) is 0.519. The van der Waals surface area contributed by atoms with E-state index >= 15 is 0 Å². The summed E-state index contributed by atoms with van der Waals surface area (Å²) in [6, 6.07) is 7.81. The van der Waals surface area contributed by atoms with Crippen LogP contribution < -0.4 is 15.4 Å². The molecule has 0 aliphatic heterocycles. The van der Waals surface area contributed by atoms with E-state index in [1.807, 2.05) is 19.9 Å². The van der Waals surface area contributed by atoms with Crippen molar-refractivity contribution in [2.45, 2.75) is 20.4 Å². The summed E-state index contributed by atoms with van der Waals surface area (Å²) in [4.78, 5) is 20.5. The number of nitrogens with zero attached hydrogens (tertiary/aromatic N) is 3. The van der Waals surface area contributed by atoms with Crippen molar-refractivity contribution in [3.63, 3.8) is 0 Å². The van der Waals surface area contributed by atoms with Gasteiger partial charge in [-0.05, 0) is 38.1 Å². The van der Waals surface area contributed by atoms with Crippen LogP contribution in [0.4, 0.5) is 16.2 Å². The number of urea groups is 1. The minimum atomic E-state index is -3.61. The van der Waals surface area contributed by atoms with Gasteiger partial charge in [-0.25, -0.2) is 14.8 Å². The predicted molar refractivity (Wildman–Crippen MR) is 100 cm³/mol. The Morgan fingerprint density at radius 3 is 2.31 bits per heavy atom. The predicted octanol–water partition coefficient (Wildman–Crippen LogP) is 1.63. The van der Waals surface area contributed by atoms with Crippen LogP contribution in [0.3, 0.4) is 0 Å². The Morgan fingerprint density at radius 1 is 1.08 bits per heavy atom. The second kappa shape index (κ2) is 8.11. The number of aromatic nitrogens is 2. The van der Waals surface area contributed by atoms with Crippen molar-refractivity contribution in [1.29, 1.82) is 0 Å². The highest BCUT2D eigenvalue weighted by molar-refractivity contribution is 7.90. The van der Waals surface area contributed by atoms with Gasteiger partial charge in [0, 0.05) is 31.2 Å². The molecule has 0 unspecified atom stereocenters. The Morgan fingerprint density at radius 2 is 1.69 bits per heavy atom. The molecule has 0 atom stereocenters. The number of carbonyl (C=O) groups is 1. The standard InChI is InChI=1S/C16H22N6O3S/c1-11-8-12(2)19-15(18-11)10-17-16(23)20-13-6-5-7-14(9-13)21-26(24,25)22(3)4/h5-9,21H,10H2,1-4H3,(H2,17,20,23). The van der Waals surface area contributed by atoms with Gasteiger partial charge < -0.3 is 10.6 Å². The number of hydrogen-bond donors (Lipinski definition) is 3. The minimum absolute atomic E-state index is 0.182. The average Bonchev–Trinajstić information content (AvgIpc) is 2.52. The smallest absolute Gasteiger partial charge is 0.319 e. The summed E-state index contributed by atoms with van der Waals surface area (Å²) in [6.07, 6.45) is 0. The Hall–Kier alpha value is -2.72. The zero-order chi connectivity index (χ0) is 19.3. The van der Waals surface area contributed by atoms with Gasteiger partial charge in [-0.15, -0.1) is 0 Å². The fourth-order valence-corrected chi connectivity index (χ4v) is 2.72. The SMILES string of the molecule is Cc1cc(C)nc(CNC(=O)Nc2cccc(NS(=O)(=O)N(C)C)c2)n1. The van der Waals surface area contributed by atoms with Crippen LogP contribution in [0.2, 0.25) is 0 Å². The van der Waals surface area contributed by atoms with Crippen molar-refractivity contribution >= 4 is 27.6 Å². The Balaban J connectivity index is 1.97.